The van der Waals surface area contributed by atoms with Gasteiger partial charge in [-0.1, -0.05) is 39.8 Å². The molecule has 0 aliphatic rings. The van der Waals surface area contributed by atoms with E-state index in [-0.39, 0.29) is 49.5 Å². The summed E-state index contributed by atoms with van der Waals surface area (Å²) in [4.78, 5) is 26.7. The number of carbonyl (C=O) groups is 2. The van der Waals surface area contributed by atoms with Crippen LogP contribution in [0.5, 0.6) is 11.5 Å². The Hall–Kier alpha value is -1.62. The molecule has 0 heterocycles. The molecule has 0 bridgehead atoms. The van der Waals surface area contributed by atoms with E-state index in [0.717, 1.165) is 43.8 Å². The van der Waals surface area contributed by atoms with Crippen LogP contribution in [-0.4, -0.2) is 36.7 Å². The van der Waals surface area contributed by atoms with Crippen molar-refractivity contribution in [2.75, 3.05) is 26.4 Å². The summed E-state index contributed by atoms with van der Waals surface area (Å²) in [7, 11) is -6.00. The van der Waals surface area contributed by atoms with Crippen molar-refractivity contribution in [2.24, 2.45) is 0 Å². The molecule has 0 aromatic heterocycles. The molecule has 0 amide bonds. The van der Waals surface area contributed by atoms with Gasteiger partial charge in [-0.05, 0) is 111 Å². The Bertz CT molecular complexity index is 1410. The molecule has 0 radical (unpaired) electrons. The van der Waals surface area contributed by atoms with Crippen LogP contribution < -0.4 is 9.05 Å². The summed E-state index contributed by atoms with van der Waals surface area (Å²) in [5.41, 5.74) is 3.43. The zero-order chi connectivity index (χ0) is 36.5. The Morgan fingerprint density at radius 1 is 0.583 bits per heavy atom. The molecule has 2 aromatic rings. The number of benzene rings is 2. The summed E-state index contributed by atoms with van der Waals surface area (Å²) in [5, 5.41) is -0.408. The van der Waals surface area contributed by atoms with Gasteiger partial charge in [-0.2, -0.15) is 0 Å². The number of carbonyl (C=O) groups excluding carboxylic acids is 2. The molecule has 270 valence electrons. The third kappa shape index (κ3) is 12.0. The van der Waals surface area contributed by atoms with Crippen molar-refractivity contribution in [1.82, 2.24) is 0 Å². The van der Waals surface area contributed by atoms with Crippen LogP contribution in [0.4, 0.5) is 0 Å². The molecule has 0 aliphatic carbocycles. The fourth-order valence-corrected chi connectivity index (χ4v) is 10.2. The third-order valence-electron chi connectivity index (χ3n) is 7.21. The maximum Gasteiger partial charge on any atom is 0.530 e. The van der Waals surface area contributed by atoms with Crippen LogP contribution in [0, 0.1) is 27.7 Å². The second kappa shape index (κ2) is 18.0. The topological polar surface area (TPSA) is 124 Å². The first-order valence-corrected chi connectivity index (χ1v) is 21.1. The number of hydrogen-bond acceptors (Lipinski definition) is 12. The van der Waals surface area contributed by atoms with E-state index in [4.69, 9.17) is 27.1 Å². The lowest BCUT2D eigenvalue weighted by Crippen LogP contribution is -2.24. The van der Waals surface area contributed by atoms with E-state index in [0.29, 0.717) is 22.6 Å². The maximum absolute atomic E-state index is 13.3. The van der Waals surface area contributed by atoms with E-state index in [9.17, 15) is 18.7 Å². The highest BCUT2D eigenvalue weighted by Crippen LogP contribution is 2.54. The Kier molecular flexibility index (Phi) is 16.0. The lowest BCUT2D eigenvalue weighted by molar-refractivity contribution is -0.113. The van der Waals surface area contributed by atoms with Gasteiger partial charge in [-0.15, -0.1) is 0 Å². The fraction of sp³-hybridized carbons (Fsp3) is 0.588. The zero-order valence-corrected chi connectivity index (χ0v) is 33.8. The largest absolute Gasteiger partial charge is 0.530 e. The average Bonchev–Trinajstić information content (AvgIpc) is 2.90. The highest BCUT2D eigenvalue weighted by Gasteiger charge is 2.37. The Labute approximate surface area is 294 Å². The lowest BCUT2D eigenvalue weighted by Gasteiger charge is -2.30. The highest BCUT2D eigenvalue weighted by molar-refractivity contribution is 8.87. The van der Waals surface area contributed by atoms with Crippen LogP contribution in [-0.2, 0) is 47.6 Å². The van der Waals surface area contributed by atoms with Gasteiger partial charge >= 0.3 is 15.6 Å². The quantitative estimate of drug-likeness (QED) is 0.106. The monoisotopic (exact) mass is 746 g/mol. The SMILES string of the molecule is CCOP(=O)(OCC)Oc1cc(C)cc(C)c1C(C)(C)CC(=O)SSC(=O)CC(C)(C)c1c(C)cc(C)cc1OP(=O)(OCC)OCC. The zero-order valence-electron chi connectivity index (χ0n) is 30.3. The molecule has 0 unspecified atom stereocenters. The molecule has 10 nitrogen and oxygen atoms in total. The molecule has 0 fully saturated rings. The number of phosphoric ester groups is 2. The van der Waals surface area contributed by atoms with E-state index < -0.39 is 26.5 Å². The van der Waals surface area contributed by atoms with Crippen LogP contribution in [0.1, 0.15) is 102 Å². The number of hydrogen-bond donors (Lipinski definition) is 0. The minimum Gasteiger partial charge on any atom is -0.404 e. The van der Waals surface area contributed by atoms with Crippen molar-refractivity contribution in [3.05, 3.63) is 57.6 Å². The van der Waals surface area contributed by atoms with Crippen LogP contribution >= 0.6 is 37.2 Å². The summed E-state index contributed by atoms with van der Waals surface area (Å²) in [5.74, 6) is 0.659. The van der Waals surface area contributed by atoms with Gasteiger partial charge in [0.1, 0.15) is 11.5 Å². The average molecular weight is 747 g/mol. The summed E-state index contributed by atoms with van der Waals surface area (Å²) in [6.07, 6.45) is 0.156. The normalized spacial score (nSPS) is 12.7. The van der Waals surface area contributed by atoms with Gasteiger partial charge < -0.3 is 9.05 Å². The van der Waals surface area contributed by atoms with Crippen LogP contribution in [0.25, 0.3) is 0 Å². The summed E-state index contributed by atoms with van der Waals surface area (Å²) >= 11 is 0. The Balaban J connectivity index is 2.25. The molecular formula is C34H52O10P2S2. The van der Waals surface area contributed by atoms with Gasteiger partial charge in [-0.3, -0.25) is 27.7 Å². The Morgan fingerprint density at radius 3 is 1.15 bits per heavy atom. The molecule has 0 aliphatic heterocycles. The van der Waals surface area contributed by atoms with E-state index in [1.165, 1.54) is 0 Å². The summed E-state index contributed by atoms with van der Waals surface area (Å²) in [6, 6.07) is 7.47. The standard InChI is InChI=1S/C34H52O10P2S2/c1-13-39-45(37,40-14-2)43-27-19-23(5)17-25(7)31(27)33(9,10)21-29(35)47-48-30(36)22-34(11,12)32-26(8)18-24(6)20-28(32)44-46(38,41-15-3)42-16-4/h17-20H,13-16,21-22H2,1-12H3. The summed E-state index contributed by atoms with van der Waals surface area (Å²) < 4.78 is 59.9. The molecule has 0 N–H and O–H groups in total. The first-order valence-electron chi connectivity index (χ1n) is 16.1. The molecule has 0 spiro atoms. The molecule has 2 aromatic carbocycles. The van der Waals surface area contributed by atoms with Gasteiger partial charge in [0.25, 0.3) is 0 Å². The van der Waals surface area contributed by atoms with Crippen LogP contribution in [0.3, 0.4) is 0 Å². The first kappa shape index (κ1) is 42.5. The van der Waals surface area contributed by atoms with Crippen LogP contribution in [0.15, 0.2) is 24.3 Å². The minimum atomic E-state index is -3.89. The van der Waals surface area contributed by atoms with Crippen molar-refractivity contribution in [3.8, 4) is 11.5 Å². The van der Waals surface area contributed by atoms with Crippen molar-refractivity contribution in [1.29, 1.82) is 0 Å². The number of aryl methyl sites for hydroxylation is 4. The second-order valence-corrected chi connectivity index (χ2v) is 18.1. The van der Waals surface area contributed by atoms with E-state index >= 15 is 0 Å². The van der Waals surface area contributed by atoms with E-state index in [1.807, 2.05) is 67.5 Å². The van der Waals surface area contributed by atoms with Crippen molar-refractivity contribution in [3.63, 3.8) is 0 Å². The highest BCUT2D eigenvalue weighted by atomic mass is 33.1. The van der Waals surface area contributed by atoms with E-state index in [1.54, 1.807) is 39.8 Å². The van der Waals surface area contributed by atoms with Gasteiger partial charge in [0.15, 0.2) is 0 Å². The molecule has 48 heavy (non-hydrogen) atoms. The molecule has 0 atom stereocenters. The first-order chi connectivity index (χ1) is 22.2. The smallest absolute Gasteiger partial charge is 0.404 e. The summed E-state index contributed by atoms with van der Waals surface area (Å²) in [6.45, 7) is 22.6. The maximum atomic E-state index is 13.3. The molecule has 14 heteroatoms. The number of rotatable bonds is 18. The van der Waals surface area contributed by atoms with Gasteiger partial charge in [0.05, 0.1) is 26.4 Å². The predicted octanol–water partition coefficient (Wildman–Crippen LogP) is 10.5. The predicted molar refractivity (Wildman–Crippen MR) is 195 cm³/mol. The fourth-order valence-electron chi connectivity index (χ4n) is 5.84. The number of phosphoric acid groups is 2. The van der Waals surface area contributed by atoms with Crippen molar-refractivity contribution < 1.29 is 45.9 Å². The lowest BCUT2D eigenvalue weighted by atomic mass is 9.78. The molecule has 0 saturated heterocycles. The second-order valence-electron chi connectivity index (χ2n) is 12.7. The third-order valence-corrected chi connectivity index (χ3v) is 12.5. The van der Waals surface area contributed by atoms with Crippen molar-refractivity contribution >= 4 is 47.5 Å². The minimum absolute atomic E-state index is 0.0778. The Morgan fingerprint density at radius 2 is 0.875 bits per heavy atom. The van der Waals surface area contributed by atoms with Gasteiger partial charge in [-0.25, -0.2) is 9.13 Å². The van der Waals surface area contributed by atoms with Gasteiger partial charge in [0.2, 0.25) is 10.2 Å². The van der Waals surface area contributed by atoms with Crippen molar-refractivity contribution in [2.45, 2.75) is 107 Å². The molecule has 0 saturated carbocycles. The molecule has 2 rings (SSSR count). The van der Waals surface area contributed by atoms with Crippen LogP contribution in [0.2, 0.25) is 0 Å². The van der Waals surface area contributed by atoms with Gasteiger partial charge in [0, 0.05) is 34.8 Å². The molecular weight excluding hydrogens is 694 g/mol. The van der Waals surface area contributed by atoms with E-state index in [2.05, 4.69) is 0 Å².